The van der Waals surface area contributed by atoms with Gasteiger partial charge in [0.1, 0.15) is 5.82 Å². The standard InChI is InChI=1S/C25H27FN4O3S/c26-19-8-10-20(11-9-19)29(13-12-23(27)31)24(32)17-34-25-28-15-22(18-5-2-1-3-6-18)30(25)16-21-7-4-14-33-21/h1-3,5-6,8-11,15,21H,4,7,12-14,16-17H2,(H2,27,31). The van der Waals surface area contributed by atoms with Crippen LogP contribution >= 0.6 is 11.8 Å². The number of primary amides is 1. The van der Waals surface area contributed by atoms with Crippen molar-refractivity contribution in [1.82, 2.24) is 9.55 Å². The zero-order valence-electron chi connectivity index (χ0n) is 18.7. The molecular weight excluding hydrogens is 455 g/mol. The fourth-order valence-electron chi connectivity index (χ4n) is 3.93. The van der Waals surface area contributed by atoms with Crippen molar-refractivity contribution in [3.05, 3.63) is 66.6 Å². The first-order valence-electron chi connectivity index (χ1n) is 11.2. The Morgan fingerprint density at radius 2 is 1.94 bits per heavy atom. The van der Waals surface area contributed by atoms with Crippen molar-refractivity contribution in [2.75, 3.05) is 23.8 Å². The quantitative estimate of drug-likeness (QED) is 0.443. The summed E-state index contributed by atoms with van der Waals surface area (Å²) >= 11 is 1.33. The van der Waals surface area contributed by atoms with Crippen molar-refractivity contribution in [1.29, 1.82) is 0 Å². The number of thioether (sulfide) groups is 1. The summed E-state index contributed by atoms with van der Waals surface area (Å²) in [7, 11) is 0. The van der Waals surface area contributed by atoms with Gasteiger partial charge in [0.05, 0.1) is 30.3 Å². The molecule has 1 unspecified atom stereocenters. The minimum atomic E-state index is -0.507. The molecular formula is C25H27FN4O3S. The Kier molecular flexibility index (Phi) is 7.97. The van der Waals surface area contributed by atoms with Crippen LogP contribution in [0.1, 0.15) is 19.3 Å². The average Bonchev–Trinajstić information content (AvgIpc) is 3.50. The van der Waals surface area contributed by atoms with Gasteiger partial charge in [-0.1, -0.05) is 42.1 Å². The molecule has 1 aliphatic heterocycles. The van der Waals surface area contributed by atoms with Crippen molar-refractivity contribution in [2.45, 2.75) is 37.1 Å². The van der Waals surface area contributed by atoms with E-state index in [2.05, 4.69) is 9.55 Å². The van der Waals surface area contributed by atoms with Crippen LogP contribution in [0.3, 0.4) is 0 Å². The Morgan fingerprint density at radius 3 is 2.62 bits per heavy atom. The SMILES string of the molecule is NC(=O)CCN(C(=O)CSc1ncc(-c2ccccc2)n1CC1CCCO1)c1ccc(F)cc1. The second-order valence-electron chi connectivity index (χ2n) is 8.06. The van der Waals surface area contributed by atoms with Crippen LogP contribution in [-0.2, 0) is 20.9 Å². The molecule has 2 aromatic carbocycles. The van der Waals surface area contributed by atoms with E-state index in [1.807, 2.05) is 36.5 Å². The predicted molar refractivity (Wildman–Crippen MR) is 130 cm³/mol. The number of aromatic nitrogens is 2. The van der Waals surface area contributed by atoms with Gasteiger partial charge in [0, 0.05) is 25.3 Å². The summed E-state index contributed by atoms with van der Waals surface area (Å²) < 4.78 is 21.3. The average molecular weight is 483 g/mol. The van der Waals surface area contributed by atoms with E-state index in [4.69, 9.17) is 10.5 Å². The normalized spacial score (nSPS) is 15.4. The van der Waals surface area contributed by atoms with Crippen LogP contribution < -0.4 is 10.6 Å². The molecule has 2 N–H and O–H groups in total. The van der Waals surface area contributed by atoms with Crippen molar-refractivity contribution < 1.29 is 18.7 Å². The van der Waals surface area contributed by atoms with Crippen LogP contribution in [0.2, 0.25) is 0 Å². The van der Waals surface area contributed by atoms with E-state index < -0.39 is 11.7 Å². The molecule has 2 amide bonds. The number of rotatable bonds is 10. The highest BCUT2D eigenvalue weighted by Gasteiger charge is 2.23. The molecule has 1 atom stereocenters. The van der Waals surface area contributed by atoms with Crippen LogP contribution in [0.5, 0.6) is 0 Å². The van der Waals surface area contributed by atoms with Gasteiger partial charge in [-0.25, -0.2) is 9.37 Å². The Labute approximate surface area is 202 Å². The van der Waals surface area contributed by atoms with Gasteiger partial charge in [0.25, 0.3) is 0 Å². The third-order valence-electron chi connectivity index (χ3n) is 5.64. The zero-order chi connectivity index (χ0) is 23.9. The van der Waals surface area contributed by atoms with Crippen molar-refractivity contribution in [2.24, 2.45) is 5.73 Å². The largest absolute Gasteiger partial charge is 0.376 e. The molecule has 34 heavy (non-hydrogen) atoms. The molecule has 3 aromatic rings. The molecule has 1 fully saturated rings. The summed E-state index contributed by atoms with van der Waals surface area (Å²) in [5.74, 6) is -1.02. The first kappa shape index (κ1) is 24.0. The highest BCUT2D eigenvalue weighted by molar-refractivity contribution is 7.99. The Balaban J connectivity index is 1.53. The third-order valence-corrected chi connectivity index (χ3v) is 6.62. The van der Waals surface area contributed by atoms with Crippen molar-refractivity contribution >= 4 is 29.3 Å². The van der Waals surface area contributed by atoms with Gasteiger partial charge in [0.15, 0.2) is 5.16 Å². The van der Waals surface area contributed by atoms with E-state index in [1.54, 1.807) is 0 Å². The van der Waals surface area contributed by atoms with E-state index >= 15 is 0 Å². The van der Waals surface area contributed by atoms with Crippen LogP contribution in [0.4, 0.5) is 10.1 Å². The summed E-state index contributed by atoms with van der Waals surface area (Å²) in [5.41, 5.74) is 7.82. The number of imidazole rings is 1. The Morgan fingerprint density at radius 1 is 1.18 bits per heavy atom. The van der Waals surface area contributed by atoms with E-state index in [9.17, 15) is 14.0 Å². The number of hydrogen-bond acceptors (Lipinski definition) is 5. The smallest absolute Gasteiger partial charge is 0.237 e. The molecule has 178 valence electrons. The molecule has 7 nitrogen and oxygen atoms in total. The minimum Gasteiger partial charge on any atom is -0.376 e. The maximum atomic E-state index is 13.4. The van der Waals surface area contributed by atoms with E-state index in [-0.39, 0.29) is 30.7 Å². The second kappa shape index (κ2) is 11.3. The molecule has 1 aromatic heterocycles. The van der Waals surface area contributed by atoms with E-state index in [1.165, 1.54) is 40.9 Å². The monoisotopic (exact) mass is 482 g/mol. The van der Waals surface area contributed by atoms with E-state index in [0.717, 1.165) is 35.9 Å². The van der Waals surface area contributed by atoms with E-state index in [0.29, 0.717) is 12.2 Å². The highest BCUT2D eigenvalue weighted by Crippen LogP contribution is 2.29. The molecule has 0 aliphatic carbocycles. The van der Waals surface area contributed by atoms with Crippen LogP contribution in [0, 0.1) is 5.82 Å². The summed E-state index contributed by atoms with van der Waals surface area (Å²) in [6.45, 7) is 1.54. The predicted octanol–water partition coefficient (Wildman–Crippen LogP) is 3.87. The van der Waals surface area contributed by atoms with Crippen LogP contribution in [0.25, 0.3) is 11.3 Å². The molecule has 0 spiro atoms. The molecule has 1 aliphatic rings. The number of halogens is 1. The molecule has 1 saturated heterocycles. The highest BCUT2D eigenvalue weighted by atomic mass is 32.2. The van der Waals surface area contributed by atoms with Gasteiger partial charge in [-0.15, -0.1) is 0 Å². The number of hydrogen-bond donors (Lipinski definition) is 1. The van der Waals surface area contributed by atoms with Crippen molar-refractivity contribution in [3.8, 4) is 11.3 Å². The van der Waals surface area contributed by atoms with Gasteiger partial charge in [0.2, 0.25) is 11.8 Å². The lowest BCUT2D eigenvalue weighted by molar-refractivity contribution is -0.118. The number of ether oxygens (including phenoxy) is 1. The lowest BCUT2D eigenvalue weighted by atomic mass is 10.1. The number of nitrogens with zero attached hydrogens (tertiary/aromatic N) is 3. The fourth-order valence-corrected chi connectivity index (χ4v) is 4.79. The van der Waals surface area contributed by atoms with Gasteiger partial charge < -0.3 is 19.9 Å². The number of carbonyl (C=O) groups is 2. The summed E-state index contributed by atoms with van der Waals surface area (Å²) in [5, 5.41) is 0.719. The number of anilines is 1. The zero-order valence-corrected chi connectivity index (χ0v) is 19.5. The number of carbonyl (C=O) groups excluding carboxylic acids is 2. The number of benzene rings is 2. The first-order chi connectivity index (χ1) is 16.5. The minimum absolute atomic E-state index is 0.0135. The molecule has 0 radical (unpaired) electrons. The Hall–Kier alpha value is -3.17. The van der Waals surface area contributed by atoms with Crippen molar-refractivity contribution in [3.63, 3.8) is 0 Å². The summed E-state index contributed by atoms with van der Waals surface area (Å²) in [6, 6.07) is 15.6. The molecule has 0 saturated carbocycles. The van der Waals surface area contributed by atoms with Gasteiger partial charge in [-0.2, -0.15) is 0 Å². The van der Waals surface area contributed by atoms with Gasteiger partial charge in [-0.05, 0) is 42.7 Å². The van der Waals surface area contributed by atoms with Gasteiger partial charge in [-0.3, -0.25) is 9.59 Å². The Bertz CT molecular complexity index is 1110. The molecule has 4 rings (SSSR count). The molecule has 2 heterocycles. The van der Waals surface area contributed by atoms with Crippen LogP contribution in [-0.4, -0.2) is 46.4 Å². The maximum absolute atomic E-state index is 13.4. The summed E-state index contributed by atoms with van der Waals surface area (Å²) in [6.07, 6.45) is 3.97. The lowest BCUT2D eigenvalue weighted by Crippen LogP contribution is -2.35. The lowest BCUT2D eigenvalue weighted by Gasteiger charge is -2.22. The fraction of sp³-hybridized carbons (Fsp3) is 0.320. The molecule has 9 heteroatoms. The number of nitrogens with two attached hydrogens (primary N) is 1. The first-order valence-corrected chi connectivity index (χ1v) is 12.2. The maximum Gasteiger partial charge on any atom is 0.237 e. The second-order valence-corrected chi connectivity index (χ2v) is 9.01. The summed E-state index contributed by atoms with van der Waals surface area (Å²) in [4.78, 5) is 30.5. The third kappa shape index (κ3) is 6.03. The number of amides is 2. The molecule has 0 bridgehead atoms. The van der Waals surface area contributed by atoms with Crippen LogP contribution in [0.15, 0.2) is 66.0 Å². The topological polar surface area (TPSA) is 90.5 Å². The van der Waals surface area contributed by atoms with Gasteiger partial charge >= 0.3 is 0 Å².